The summed E-state index contributed by atoms with van der Waals surface area (Å²) in [6, 6.07) is 42.6. The SMILES string of the molecule is [C-]#[N+]c1ccc(-c2nc(C)nc(-c3cccc(-c4nc(-c5ccccc5)nc(-c5cccc(-c6nc(C)nc(-c7ccccc7)n6)c5)n4)c3)n2)cc1. The normalized spacial score (nSPS) is 10.9. The van der Waals surface area contributed by atoms with Crippen molar-refractivity contribution in [1.82, 2.24) is 44.9 Å². The summed E-state index contributed by atoms with van der Waals surface area (Å²) in [7, 11) is 0. The lowest BCUT2D eigenvalue weighted by Crippen LogP contribution is -2.02. The molecule has 0 N–H and O–H groups in total. The molecule has 0 saturated carbocycles. The highest BCUT2D eigenvalue weighted by Gasteiger charge is 2.16. The second-order valence-electron chi connectivity index (χ2n) is 11.9. The van der Waals surface area contributed by atoms with Crippen molar-refractivity contribution in [2.24, 2.45) is 0 Å². The van der Waals surface area contributed by atoms with Crippen LogP contribution in [0.25, 0.3) is 84.6 Å². The zero-order chi connectivity index (χ0) is 35.4. The van der Waals surface area contributed by atoms with Gasteiger partial charge in [0.05, 0.1) is 6.57 Å². The molecule has 8 aromatic rings. The number of aromatic nitrogens is 9. The third-order valence-corrected chi connectivity index (χ3v) is 8.21. The van der Waals surface area contributed by atoms with E-state index in [4.69, 9.17) is 31.5 Å². The third-order valence-electron chi connectivity index (χ3n) is 8.21. The van der Waals surface area contributed by atoms with E-state index in [-0.39, 0.29) is 0 Å². The van der Waals surface area contributed by atoms with Crippen molar-refractivity contribution < 1.29 is 0 Å². The molecule has 0 radical (unpaired) electrons. The van der Waals surface area contributed by atoms with Crippen molar-refractivity contribution in [3.8, 4) is 79.7 Å². The summed E-state index contributed by atoms with van der Waals surface area (Å²) in [5, 5.41) is 0. The van der Waals surface area contributed by atoms with Crippen LogP contribution in [0.1, 0.15) is 11.6 Å². The molecule has 5 aromatic carbocycles. The summed E-state index contributed by atoms with van der Waals surface area (Å²) in [6.07, 6.45) is 0. The first-order valence-electron chi connectivity index (χ1n) is 16.5. The van der Waals surface area contributed by atoms with Crippen LogP contribution in [-0.2, 0) is 0 Å². The van der Waals surface area contributed by atoms with Crippen LogP contribution in [0.15, 0.2) is 133 Å². The van der Waals surface area contributed by atoms with Gasteiger partial charge in [-0.3, -0.25) is 0 Å². The van der Waals surface area contributed by atoms with Gasteiger partial charge >= 0.3 is 0 Å². The lowest BCUT2D eigenvalue weighted by Gasteiger charge is -2.11. The Hall–Kier alpha value is -7.38. The summed E-state index contributed by atoms with van der Waals surface area (Å²) >= 11 is 0. The Morgan fingerprint density at radius 2 is 0.615 bits per heavy atom. The van der Waals surface area contributed by atoms with Gasteiger partial charge in [-0.25, -0.2) is 49.7 Å². The van der Waals surface area contributed by atoms with Crippen molar-refractivity contribution in [2.45, 2.75) is 13.8 Å². The van der Waals surface area contributed by atoms with E-state index in [0.717, 1.165) is 38.9 Å². The summed E-state index contributed by atoms with van der Waals surface area (Å²) in [5.41, 5.74) is 6.30. The molecule has 0 aliphatic carbocycles. The van der Waals surface area contributed by atoms with Gasteiger partial charge in [0.1, 0.15) is 11.6 Å². The quantitative estimate of drug-likeness (QED) is 0.153. The summed E-state index contributed by atoms with van der Waals surface area (Å²) in [4.78, 5) is 46.4. The average Bonchev–Trinajstić information content (AvgIpc) is 3.21. The Balaban J connectivity index is 1.21. The minimum Gasteiger partial charge on any atom is -0.238 e. The van der Waals surface area contributed by atoms with E-state index in [0.29, 0.717) is 58.1 Å². The van der Waals surface area contributed by atoms with Crippen molar-refractivity contribution in [1.29, 1.82) is 0 Å². The van der Waals surface area contributed by atoms with E-state index in [1.807, 2.05) is 135 Å². The highest BCUT2D eigenvalue weighted by Crippen LogP contribution is 2.30. The molecule has 0 amide bonds. The van der Waals surface area contributed by atoms with Gasteiger partial charge < -0.3 is 0 Å². The Morgan fingerprint density at radius 1 is 0.327 bits per heavy atom. The molecule has 0 aliphatic heterocycles. The van der Waals surface area contributed by atoms with Crippen LogP contribution in [0, 0.1) is 20.4 Å². The highest BCUT2D eigenvalue weighted by molar-refractivity contribution is 5.73. The standard InChI is InChI=1S/C42H28N10/c1-26-44-36(28-12-6-4-7-13-28)48-39(46-26)31-16-10-18-33(24-31)41-50-38(29-14-8-5-9-15-29)51-42(52-41)34-19-11-17-32(25-34)40-47-27(2)45-37(49-40)30-20-22-35(43-3)23-21-30/h4-25H,1-2H3. The molecule has 10 nitrogen and oxygen atoms in total. The van der Waals surface area contributed by atoms with Crippen LogP contribution in [0.5, 0.6) is 0 Å². The zero-order valence-corrected chi connectivity index (χ0v) is 28.2. The van der Waals surface area contributed by atoms with E-state index in [1.165, 1.54) is 0 Å². The third kappa shape index (κ3) is 6.75. The molecule has 0 aliphatic rings. The maximum atomic E-state index is 7.26. The zero-order valence-electron chi connectivity index (χ0n) is 28.2. The lowest BCUT2D eigenvalue weighted by molar-refractivity contribution is 0.991. The van der Waals surface area contributed by atoms with Crippen LogP contribution in [-0.4, -0.2) is 44.9 Å². The van der Waals surface area contributed by atoms with Gasteiger partial charge in [-0.2, -0.15) is 0 Å². The van der Waals surface area contributed by atoms with E-state index >= 15 is 0 Å². The van der Waals surface area contributed by atoms with Crippen molar-refractivity contribution >= 4 is 5.69 Å². The molecule has 0 saturated heterocycles. The molecule has 0 spiro atoms. The molecule has 0 bridgehead atoms. The number of hydrogen-bond acceptors (Lipinski definition) is 9. The van der Waals surface area contributed by atoms with E-state index < -0.39 is 0 Å². The predicted molar refractivity (Wildman–Crippen MR) is 200 cm³/mol. The molecule has 0 atom stereocenters. The molecule has 0 unspecified atom stereocenters. The molecule has 3 heterocycles. The highest BCUT2D eigenvalue weighted by atomic mass is 15.0. The van der Waals surface area contributed by atoms with Gasteiger partial charge in [0.25, 0.3) is 0 Å². The lowest BCUT2D eigenvalue weighted by atomic mass is 10.1. The van der Waals surface area contributed by atoms with Crippen LogP contribution < -0.4 is 0 Å². The molecule has 10 heteroatoms. The molecule has 8 rings (SSSR count). The van der Waals surface area contributed by atoms with Gasteiger partial charge in [0, 0.05) is 38.9 Å². The molecule has 0 fully saturated rings. The van der Waals surface area contributed by atoms with Gasteiger partial charge in [-0.05, 0) is 26.0 Å². The Morgan fingerprint density at radius 3 is 0.981 bits per heavy atom. The Bertz CT molecular complexity index is 2600. The summed E-state index contributed by atoms with van der Waals surface area (Å²) in [5.74, 6) is 4.98. The first kappa shape index (κ1) is 31.9. The number of benzene rings is 5. The Kier molecular flexibility index (Phi) is 8.49. The fraction of sp³-hybridized carbons (Fsp3) is 0.0476. The van der Waals surface area contributed by atoms with Gasteiger partial charge in [-0.1, -0.05) is 121 Å². The summed E-state index contributed by atoms with van der Waals surface area (Å²) in [6.45, 7) is 11.0. The fourth-order valence-corrected chi connectivity index (χ4v) is 5.70. The van der Waals surface area contributed by atoms with Gasteiger partial charge in [0.15, 0.2) is 46.5 Å². The van der Waals surface area contributed by atoms with Crippen molar-refractivity contribution in [3.63, 3.8) is 0 Å². The molecule has 246 valence electrons. The second-order valence-corrected chi connectivity index (χ2v) is 11.9. The maximum absolute atomic E-state index is 7.26. The molecule has 3 aromatic heterocycles. The first-order valence-corrected chi connectivity index (χ1v) is 16.5. The molecular formula is C42H28N10. The summed E-state index contributed by atoms with van der Waals surface area (Å²) < 4.78 is 0. The number of rotatable bonds is 7. The smallest absolute Gasteiger partial charge is 0.187 e. The number of hydrogen-bond donors (Lipinski definition) is 0. The van der Waals surface area contributed by atoms with E-state index in [1.54, 1.807) is 12.1 Å². The van der Waals surface area contributed by atoms with Crippen molar-refractivity contribution in [2.75, 3.05) is 0 Å². The fourth-order valence-electron chi connectivity index (χ4n) is 5.70. The maximum Gasteiger partial charge on any atom is 0.187 e. The largest absolute Gasteiger partial charge is 0.238 e. The predicted octanol–water partition coefficient (Wildman–Crippen LogP) is 9.08. The van der Waals surface area contributed by atoms with Gasteiger partial charge in [0.2, 0.25) is 0 Å². The van der Waals surface area contributed by atoms with Crippen LogP contribution in [0.2, 0.25) is 0 Å². The number of nitrogens with zero attached hydrogens (tertiary/aromatic N) is 10. The first-order chi connectivity index (χ1) is 25.5. The molecule has 52 heavy (non-hydrogen) atoms. The molecular weight excluding hydrogens is 645 g/mol. The van der Waals surface area contributed by atoms with Gasteiger partial charge in [-0.15, -0.1) is 0 Å². The van der Waals surface area contributed by atoms with Crippen LogP contribution in [0.3, 0.4) is 0 Å². The van der Waals surface area contributed by atoms with Crippen LogP contribution in [0.4, 0.5) is 5.69 Å². The monoisotopic (exact) mass is 672 g/mol. The minimum absolute atomic E-state index is 0.499. The second kappa shape index (κ2) is 13.9. The van der Waals surface area contributed by atoms with E-state index in [2.05, 4.69) is 24.8 Å². The number of aryl methyl sites for hydroxylation is 2. The Labute approximate surface area is 300 Å². The van der Waals surface area contributed by atoms with Crippen molar-refractivity contribution in [3.05, 3.63) is 157 Å². The minimum atomic E-state index is 0.499. The van der Waals surface area contributed by atoms with E-state index in [9.17, 15) is 0 Å². The average molecular weight is 673 g/mol. The van der Waals surface area contributed by atoms with Crippen LogP contribution >= 0.6 is 0 Å². The topological polar surface area (TPSA) is 120 Å².